The van der Waals surface area contributed by atoms with Crippen LogP contribution in [0.1, 0.15) is 18.4 Å². The molecule has 0 radical (unpaired) electrons. The molecule has 1 aliphatic rings. The maximum Gasteiger partial charge on any atom is 0.301 e. The van der Waals surface area contributed by atoms with Crippen LogP contribution < -0.4 is 15.2 Å². The van der Waals surface area contributed by atoms with Gasteiger partial charge in [-0.25, -0.2) is 4.98 Å². The summed E-state index contributed by atoms with van der Waals surface area (Å²) < 4.78 is 29.4. The zero-order valence-corrected chi connectivity index (χ0v) is 15.9. The molecular weight excluding hydrogens is 376 g/mol. The predicted molar refractivity (Wildman–Crippen MR) is 107 cm³/mol. The summed E-state index contributed by atoms with van der Waals surface area (Å²) in [5.41, 5.74) is 8.61. The normalized spacial score (nSPS) is 15.1. The molecule has 28 heavy (non-hydrogen) atoms. The number of nitrogens with two attached hydrogens (primary N) is 1. The van der Waals surface area contributed by atoms with Crippen molar-refractivity contribution in [2.45, 2.75) is 25.3 Å². The fourth-order valence-electron chi connectivity index (χ4n) is 3.05. The third-order valence-corrected chi connectivity index (χ3v) is 5.89. The summed E-state index contributed by atoms with van der Waals surface area (Å²) in [5, 5.41) is 10.5. The van der Waals surface area contributed by atoms with Crippen LogP contribution >= 0.6 is 0 Å². The van der Waals surface area contributed by atoms with E-state index in [2.05, 4.69) is 19.4 Å². The van der Waals surface area contributed by atoms with Crippen molar-refractivity contribution in [1.29, 1.82) is 5.26 Å². The lowest BCUT2D eigenvalue weighted by Crippen LogP contribution is -2.39. The van der Waals surface area contributed by atoms with Gasteiger partial charge in [0.15, 0.2) is 0 Å². The van der Waals surface area contributed by atoms with Crippen LogP contribution in [0.15, 0.2) is 42.9 Å². The van der Waals surface area contributed by atoms with E-state index in [0.717, 1.165) is 27.5 Å². The number of nitrogens with one attached hydrogen (secondary N) is 2. The highest BCUT2D eigenvalue weighted by molar-refractivity contribution is 7.90. The van der Waals surface area contributed by atoms with Gasteiger partial charge in [0.05, 0.1) is 6.07 Å². The van der Waals surface area contributed by atoms with Crippen LogP contribution in [0.5, 0.6) is 0 Å². The fraction of sp³-hybridized carbons (Fsp3) is 0.211. The van der Waals surface area contributed by atoms with Crippen molar-refractivity contribution in [2.75, 3.05) is 10.5 Å². The molecule has 9 heteroatoms. The summed E-state index contributed by atoms with van der Waals surface area (Å²) in [5.74, 6) is 0.146. The van der Waals surface area contributed by atoms with E-state index in [1.807, 2.05) is 31.2 Å². The van der Waals surface area contributed by atoms with Crippen molar-refractivity contribution < 1.29 is 8.42 Å². The van der Waals surface area contributed by atoms with Gasteiger partial charge in [0, 0.05) is 35.2 Å². The molecule has 0 aliphatic heterocycles. The lowest BCUT2D eigenvalue weighted by molar-refractivity contribution is 0.576. The number of nitrogens with zero attached hydrogens (tertiary/aromatic N) is 3. The lowest BCUT2D eigenvalue weighted by Gasteiger charge is -2.13. The van der Waals surface area contributed by atoms with Crippen molar-refractivity contribution in [3.8, 4) is 17.2 Å². The number of hydrogen-bond acceptors (Lipinski definition) is 6. The van der Waals surface area contributed by atoms with E-state index >= 15 is 0 Å². The van der Waals surface area contributed by atoms with Gasteiger partial charge in [-0.2, -0.15) is 18.4 Å². The van der Waals surface area contributed by atoms with Gasteiger partial charge in [0.25, 0.3) is 0 Å². The van der Waals surface area contributed by atoms with E-state index in [1.54, 1.807) is 18.5 Å². The quantitative estimate of drug-likeness (QED) is 0.569. The number of benzene rings is 1. The Morgan fingerprint density at radius 3 is 2.71 bits per heavy atom. The van der Waals surface area contributed by atoms with E-state index in [4.69, 9.17) is 11.0 Å². The van der Waals surface area contributed by atoms with Gasteiger partial charge in [-0.1, -0.05) is 0 Å². The second-order valence-electron chi connectivity index (χ2n) is 6.95. The number of pyridine rings is 2. The smallest absolute Gasteiger partial charge is 0.301 e. The molecule has 142 valence electrons. The Kier molecular flexibility index (Phi) is 4.18. The average molecular weight is 394 g/mol. The Morgan fingerprint density at radius 2 is 2.04 bits per heavy atom. The Balaban J connectivity index is 1.70. The largest absolute Gasteiger partial charge is 0.398 e. The van der Waals surface area contributed by atoms with Crippen LogP contribution in [0.4, 0.5) is 11.5 Å². The van der Waals surface area contributed by atoms with Gasteiger partial charge in [-0.3, -0.25) is 9.71 Å². The number of aryl methyl sites for hydroxylation is 1. The van der Waals surface area contributed by atoms with Gasteiger partial charge < -0.3 is 5.73 Å². The van der Waals surface area contributed by atoms with Crippen LogP contribution in [0.3, 0.4) is 0 Å². The molecule has 4 N–H and O–H groups in total. The van der Waals surface area contributed by atoms with Crippen molar-refractivity contribution in [1.82, 2.24) is 14.7 Å². The summed E-state index contributed by atoms with van der Waals surface area (Å²) in [6, 6.07) is 9.29. The zero-order chi connectivity index (χ0) is 19.9. The molecule has 1 saturated carbocycles. The molecule has 3 aromatic rings. The fourth-order valence-corrected chi connectivity index (χ4v) is 4.25. The van der Waals surface area contributed by atoms with Gasteiger partial charge in [0.1, 0.15) is 11.4 Å². The third kappa shape index (κ3) is 3.47. The molecule has 2 aromatic heterocycles. The second-order valence-corrected chi connectivity index (χ2v) is 8.36. The van der Waals surface area contributed by atoms with E-state index in [0.29, 0.717) is 18.5 Å². The molecule has 8 nitrogen and oxygen atoms in total. The van der Waals surface area contributed by atoms with Crippen LogP contribution in [0, 0.1) is 18.3 Å². The predicted octanol–water partition coefficient (Wildman–Crippen LogP) is 2.49. The SMILES string of the molecule is Cc1ccncc1-c1cc(N)c2cnc(NS(=O)(=O)NC3(C#N)CC3)cc2c1. The molecular formula is C19H18N6O2S. The first kappa shape index (κ1) is 18.2. The minimum absolute atomic E-state index is 0.146. The number of rotatable bonds is 5. The number of anilines is 2. The Labute approximate surface area is 162 Å². The molecule has 1 aromatic carbocycles. The monoisotopic (exact) mass is 394 g/mol. The van der Waals surface area contributed by atoms with Gasteiger partial charge in [-0.15, -0.1) is 0 Å². The molecule has 0 saturated heterocycles. The average Bonchev–Trinajstić information content (AvgIpc) is 3.40. The summed E-state index contributed by atoms with van der Waals surface area (Å²) in [6.07, 6.45) is 6.02. The Morgan fingerprint density at radius 1 is 1.25 bits per heavy atom. The second kappa shape index (κ2) is 6.44. The van der Waals surface area contributed by atoms with Crippen molar-refractivity contribution >= 4 is 32.5 Å². The lowest BCUT2D eigenvalue weighted by atomic mass is 9.99. The molecule has 1 aliphatic carbocycles. The molecule has 0 unspecified atom stereocenters. The highest BCUT2D eigenvalue weighted by Gasteiger charge is 2.46. The van der Waals surface area contributed by atoms with E-state index in [9.17, 15) is 8.42 Å². The minimum atomic E-state index is -3.92. The van der Waals surface area contributed by atoms with Crippen LogP contribution in [-0.4, -0.2) is 23.9 Å². The maximum absolute atomic E-state index is 12.3. The Hall–Kier alpha value is -3.22. The summed E-state index contributed by atoms with van der Waals surface area (Å²) in [7, 11) is -3.92. The molecule has 0 atom stereocenters. The number of nitrogen functional groups attached to an aromatic ring is 1. The third-order valence-electron chi connectivity index (χ3n) is 4.75. The molecule has 4 rings (SSSR count). The molecule has 0 spiro atoms. The van der Waals surface area contributed by atoms with Crippen molar-refractivity contribution in [2.24, 2.45) is 0 Å². The number of nitriles is 1. The van der Waals surface area contributed by atoms with Crippen molar-refractivity contribution in [3.05, 3.63) is 48.4 Å². The van der Waals surface area contributed by atoms with E-state index < -0.39 is 15.7 Å². The molecule has 0 bridgehead atoms. The van der Waals surface area contributed by atoms with E-state index in [1.165, 1.54) is 6.20 Å². The summed E-state index contributed by atoms with van der Waals surface area (Å²) in [4.78, 5) is 8.31. The number of hydrogen-bond donors (Lipinski definition) is 3. The summed E-state index contributed by atoms with van der Waals surface area (Å²) in [6.45, 7) is 1.98. The zero-order valence-electron chi connectivity index (χ0n) is 15.1. The first-order valence-electron chi connectivity index (χ1n) is 8.64. The minimum Gasteiger partial charge on any atom is -0.398 e. The Bertz CT molecular complexity index is 1230. The number of aromatic nitrogens is 2. The molecule has 1 fully saturated rings. The first-order valence-corrected chi connectivity index (χ1v) is 10.1. The van der Waals surface area contributed by atoms with E-state index in [-0.39, 0.29) is 5.82 Å². The van der Waals surface area contributed by atoms with Crippen LogP contribution in [0.2, 0.25) is 0 Å². The van der Waals surface area contributed by atoms with Crippen LogP contribution in [0.25, 0.3) is 21.9 Å². The first-order chi connectivity index (χ1) is 13.3. The highest BCUT2D eigenvalue weighted by atomic mass is 32.2. The van der Waals surface area contributed by atoms with Crippen molar-refractivity contribution in [3.63, 3.8) is 0 Å². The molecule has 0 amide bonds. The molecule has 2 heterocycles. The summed E-state index contributed by atoms with van der Waals surface area (Å²) >= 11 is 0. The number of fused-ring (bicyclic) bond motifs is 1. The van der Waals surface area contributed by atoms with Crippen LogP contribution in [-0.2, 0) is 10.2 Å². The van der Waals surface area contributed by atoms with Gasteiger partial charge >= 0.3 is 10.2 Å². The maximum atomic E-state index is 12.3. The van der Waals surface area contributed by atoms with Gasteiger partial charge in [0.2, 0.25) is 0 Å². The topological polar surface area (TPSA) is 134 Å². The standard InChI is InChI=1S/C19H18N6O2S/c1-12-2-5-22-9-15(12)13-6-14-8-18(23-10-16(14)17(21)7-13)24-28(26,27)25-19(11-20)3-4-19/h2,5-10,25H,3-4,21H2,1H3,(H,23,24). The highest BCUT2D eigenvalue weighted by Crippen LogP contribution is 2.35. The van der Waals surface area contributed by atoms with Gasteiger partial charge in [-0.05, 0) is 60.5 Å².